The Morgan fingerprint density at radius 1 is 1.29 bits per heavy atom. The summed E-state index contributed by atoms with van der Waals surface area (Å²) in [5, 5.41) is 3.44. The van der Waals surface area contributed by atoms with E-state index in [-0.39, 0.29) is 0 Å². The number of hydrogen-bond acceptors (Lipinski definition) is 3. The highest BCUT2D eigenvalue weighted by Crippen LogP contribution is 1.97. The fraction of sp³-hybridized carbons (Fsp3) is 1.00. The maximum absolute atomic E-state index is 5.50. The summed E-state index contributed by atoms with van der Waals surface area (Å²) in [5.74, 6) is 0. The maximum atomic E-state index is 5.50. The highest BCUT2D eigenvalue weighted by molar-refractivity contribution is 4.65. The van der Waals surface area contributed by atoms with Crippen molar-refractivity contribution in [1.82, 2.24) is 5.32 Å². The molecular formula is C11H25NO2. The molecule has 0 aromatic rings. The Balaban J connectivity index is 3.50. The van der Waals surface area contributed by atoms with E-state index in [0.717, 1.165) is 32.6 Å². The Labute approximate surface area is 88.2 Å². The summed E-state index contributed by atoms with van der Waals surface area (Å²) in [7, 11) is 1.74. The third-order valence-corrected chi connectivity index (χ3v) is 1.97. The summed E-state index contributed by atoms with van der Waals surface area (Å²) < 4.78 is 10.6. The van der Waals surface area contributed by atoms with Gasteiger partial charge >= 0.3 is 0 Å². The molecule has 0 radical (unpaired) electrons. The van der Waals surface area contributed by atoms with Crippen LogP contribution in [0.15, 0.2) is 0 Å². The summed E-state index contributed by atoms with van der Waals surface area (Å²) in [4.78, 5) is 0. The van der Waals surface area contributed by atoms with E-state index >= 15 is 0 Å². The Bertz CT molecular complexity index is 118. The van der Waals surface area contributed by atoms with Gasteiger partial charge < -0.3 is 14.8 Å². The molecule has 0 aliphatic rings. The molecule has 1 unspecified atom stereocenters. The molecule has 0 amide bonds. The Morgan fingerprint density at radius 2 is 2.00 bits per heavy atom. The molecule has 0 rings (SSSR count). The summed E-state index contributed by atoms with van der Waals surface area (Å²) >= 11 is 0. The third-order valence-electron chi connectivity index (χ3n) is 1.97. The fourth-order valence-electron chi connectivity index (χ4n) is 1.24. The van der Waals surface area contributed by atoms with E-state index in [9.17, 15) is 0 Å². The van der Waals surface area contributed by atoms with E-state index in [0.29, 0.717) is 12.1 Å². The van der Waals surface area contributed by atoms with Crippen molar-refractivity contribution in [2.45, 2.75) is 45.8 Å². The van der Waals surface area contributed by atoms with Crippen molar-refractivity contribution in [3.63, 3.8) is 0 Å². The van der Waals surface area contributed by atoms with Crippen molar-refractivity contribution in [3.8, 4) is 0 Å². The molecule has 3 nitrogen and oxygen atoms in total. The van der Waals surface area contributed by atoms with Gasteiger partial charge in [0.2, 0.25) is 0 Å². The van der Waals surface area contributed by atoms with Crippen LogP contribution in [0.2, 0.25) is 0 Å². The molecule has 0 aliphatic carbocycles. The van der Waals surface area contributed by atoms with Crippen LogP contribution in [-0.2, 0) is 9.47 Å². The number of hydrogen-bond donors (Lipinski definition) is 1. The van der Waals surface area contributed by atoms with Gasteiger partial charge in [-0.1, -0.05) is 6.92 Å². The third kappa shape index (κ3) is 8.48. The van der Waals surface area contributed by atoms with Gasteiger partial charge in [0.25, 0.3) is 0 Å². The van der Waals surface area contributed by atoms with Crippen LogP contribution in [0.25, 0.3) is 0 Å². The van der Waals surface area contributed by atoms with Crippen molar-refractivity contribution >= 4 is 0 Å². The van der Waals surface area contributed by atoms with Gasteiger partial charge in [-0.3, -0.25) is 0 Å². The Hall–Kier alpha value is -0.120. The van der Waals surface area contributed by atoms with Crippen molar-refractivity contribution in [1.29, 1.82) is 0 Å². The number of methoxy groups -OCH3 is 1. The smallest absolute Gasteiger partial charge is 0.0616 e. The first-order valence-electron chi connectivity index (χ1n) is 5.54. The van der Waals surface area contributed by atoms with E-state index in [4.69, 9.17) is 9.47 Å². The SMILES string of the molecule is CCCNC(CCOC(C)C)COC. The van der Waals surface area contributed by atoms with Gasteiger partial charge in [0.05, 0.1) is 12.7 Å². The molecule has 0 fully saturated rings. The second kappa shape index (κ2) is 9.44. The predicted molar refractivity (Wildman–Crippen MR) is 59.7 cm³/mol. The van der Waals surface area contributed by atoms with Crippen LogP contribution < -0.4 is 5.32 Å². The van der Waals surface area contributed by atoms with E-state index in [1.54, 1.807) is 7.11 Å². The lowest BCUT2D eigenvalue weighted by Crippen LogP contribution is -2.35. The molecule has 0 heterocycles. The first kappa shape index (κ1) is 13.9. The van der Waals surface area contributed by atoms with Crippen molar-refractivity contribution in [2.75, 3.05) is 26.9 Å². The standard InChI is InChI=1S/C11H25NO2/c1-5-7-12-11(9-13-4)6-8-14-10(2)3/h10-12H,5-9H2,1-4H3. The zero-order chi connectivity index (χ0) is 10.8. The number of nitrogens with one attached hydrogen (secondary N) is 1. The van der Waals surface area contributed by atoms with Gasteiger partial charge in [0.15, 0.2) is 0 Å². The average molecular weight is 203 g/mol. The van der Waals surface area contributed by atoms with Gasteiger partial charge in [0.1, 0.15) is 0 Å². The molecule has 0 aliphatic heterocycles. The van der Waals surface area contributed by atoms with Gasteiger partial charge in [0, 0.05) is 19.8 Å². The first-order valence-corrected chi connectivity index (χ1v) is 5.54. The molecule has 0 saturated carbocycles. The molecule has 0 spiro atoms. The highest BCUT2D eigenvalue weighted by Gasteiger charge is 2.07. The Kier molecular flexibility index (Phi) is 9.35. The zero-order valence-electron chi connectivity index (χ0n) is 10.0. The topological polar surface area (TPSA) is 30.5 Å². The van der Waals surface area contributed by atoms with E-state index in [1.807, 2.05) is 0 Å². The minimum absolute atomic E-state index is 0.323. The molecule has 0 aromatic carbocycles. The molecule has 86 valence electrons. The highest BCUT2D eigenvalue weighted by atomic mass is 16.5. The lowest BCUT2D eigenvalue weighted by Gasteiger charge is -2.18. The van der Waals surface area contributed by atoms with E-state index in [2.05, 4.69) is 26.1 Å². The van der Waals surface area contributed by atoms with Gasteiger partial charge in [-0.05, 0) is 33.2 Å². The molecule has 14 heavy (non-hydrogen) atoms. The Morgan fingerprint density at radius 3 is 2.50 bits per heavy atom. The summed E-state index contributed by atoms with van der Waals surface area (Å²) in [6.45, 7) is 8.91. The number of rotatable bonds is 9. The second-order valence-electron chi connectivity index (χ2n) is 3.81. The van der Waals surface area contributed by atoms with Crippen molar-refractivity contribution in [3.05, 3.63) is 0 Å². The molecule has 1 atom stereocenters. The molecule has 0 aromatic heterocycles. The van der Waals surface area contributed by atoms with Gasteiger partial charge in [-0.25, -0.2) is 0 Å². The monoisotopic (exact) mass is 203 g/mol. The first-order chi connectivity index (χ1) is 6.70. The lowest BCUT2D eigenvalue weighted by molar-refractivity contribution is 0.0624. The molecule has 0 bridgehead atoms. The average Bonchev–Trinajstić information content (AvgIpc) is 2.13. The van der Waals surface area contributed by atoms with Crippen LogP contribution in [0.3, 0.4) is 0 Å². The minimum atomic E-state index is 0.323. The van der Waals surface area contributed by atoms with Gasteiger partial charge in [-0.15, -0.1) is 0 Å². The zero-order valence-corrected chi connectivity index (χ0v) is 10.0. The second-order valence-corrected chi connectivity index (χ2v) is 3.81. The maximum Gasteiger partial charge on any atom is 0.0616 e. The number of ether oxygens (including phenoxy) is 2. The van der Waals surface area contributed by atoms with Crippen LogP contribution in [0.1, 0.15) is 33.6 Å². The molecular weight excluding hydrogens is 178 g/mol. The van der Waals surface area contributed by atoms with Crippen LogP contribution in [-0.4, -0.2) is 39.0 Å². The van der Waals surface area contributed by atoms with E-state index in [1.165, 1.54) is 0 Å². The minimum Gasteiger partial charge on any atom is -0.383 e. The van der Waals surface area contributed by atoms with Crippen LogP contribution >= 0.6 is 0 Å². The predicted octanol–water partition coefficient (Wildman–Crippen LogP) is 1.82. The molecule has 0 saturated heterocycles. The largest absolute Gasteiger partial charge is 0.383 e. The van der Waals surface area contributed by atoms with Crippen LogP contribution in [0.4, 0.5) is 0 Å². The van der Waals surface area contributed by atoms with Crippen LogP contribution in [0.5, 0.6) is 0 Å². The normalized spacial score (nSPS) is 13.5. The molecule has 1 N–H and O–H groups in total. The van der Waals surface area contributed by atoms with Crippen molar-refractivity contribution in [2.24, 2.45) is 0 Å². The van der Waals surface area contributed by atoms with Crippen molar-refractivity contribution < 1.29 is 9.47 Å². The fourth-order valence-corrected chi connectivity index (χ4v) is 1.24. The summed E-state index contributed by atoms with van der Waals surface area (Å²) in [6.07, 6.45) is 2.50. The quantitative estimate of drug-likeness (QED) is 0.620. The molecule has 3 heteroatoms. The summed E-state index contributed by atoms with van der Waals surface area (Å²) in [5.41, 5.74) is 0. The summed E-state index contributed by atoms with van der Waals surface area (Å²) in [6, 6.07) is 0.429. The van der Waals surface area contributed by atoms with Crippen LogP contribution in [0, 0.1) is 0 Å². The lowest BCUT2D eigenvalue weighted by atomic mass is 10.2. The van der Waals surface area contributed by atoms with E-state index < -0.39 is 0 Å². The van der Waals surface area contributed by atoms with Gasteiger partial charge in [-0.2, -0.15) is 0 Å².